The zero-order valence-electron chi connectivity index (χ0n) is 15.5. The predicted molar refractivity (Wildman–Crippen MR) is 99.2 cm³/mol. The number of carbonyl (C=O) groups excluding carboxylic acids is 1. The van der Waals surface area contributed by atoms with Gasteiger partial charge in [-0.1, -0.05) is 11.8 Å². The highest BCUT2D eigenvalue weighted by atomic mass is 32.2. The minimum absolute atomic E-state index is 0.231. The van der Waals surface area contributed by atoms with Crippen LogP contribution in [0.25, 0.3) is 0 Å². The average molecular weight is 366 g/mol. The van der Waals surface area contributed by atoms with Crippen LogP contribution < -0.4 is 10.2 Å². The van der Waals surface area contributed by atoms with Gasteiger partial charge >= 0.3 is 6.09 Å². The van der Waals surface area contributed by atoms with Gasteiger partial charge < -0.3 is 19.9 Å². The van der Waals surface area contributed by atoms with Gasteiger partial charge in [-0.2, -0.15) is 0 Å². The number of rotatable bonds is 2. The van der Waals surface area contributed by atoms with E-state index in [1.54, 1.807) is 16.7 Å². The van der Waals surface area contributed by atoms with Gasteiger partial charge in [0.2, 0.25) is 0 Å². The highest BCUT2D eigenvalue weighted by molar-refractivity contribution is 7.98. The summed E-state index contributed by atoms with van der Waals surface area (Å²) in [6.07, 6.45) is 2.72. The van der Waals surface area contributed by atoms with Gasteiger partial charge in [0.1, 0.15) is 11.4 Å². The zero-order valence-corrected chi connectivity index (χ0v) is 16.3. The van der Waals surface area contributed by atoms with Crippen molar-refractivity contribution in [2.75, 3.05) is 43.9 Å². The van der Waals surface area contributed by atoms with Crippen molar-refractivity contribution in [3.63, 3.8) is 0 Å². The lowest BCUT2D eigenvalue weighted by Gasteiger charge is -2.37. The van der Waals surface area contributed by atoms with Crippen LogP contribution in [0, 0.1) is 0 Å². The van der Waals surface area contributed by atoms with Crippen LogP contribution in [0.3, 0.4) is 0 Å². The molecule has 1 fully saturated rings. The molecule has 1 saturated heterocycles. The third-order valence-corrected chi connectivity index (χ3v) is 4.86. The Hall–Kier alpha value is -1.54. The van der Waals surface area contributed by atoms with Crippen LogP contribution in [0.4, 0.5) is 10.6 Å². The fourth-order valence-electron chi connectivity index (χ4n) is 3.10. The summed E-state index contributed by atoms with van der Waals surface area (Å²) in [7, 11) is 0. The Bertz CT molecular complexity index is 639. The first-order chi connectivity index (χ1) is 11.9. The molecule has 3 heterocycles. The predicted octanol–water partition coefficient (Wildman–Crippen LogP) is 1.90. The molecule has 2 aliphatic heterocycles. The van der Waals surface area contributed by atoms with Gasteiger partial charge in [-0.25, -0.2) is 14.8 Å². The van der Waals surface area contributed by atoms with E-state index in [4.69, 9.17) is 9.72 Å². The van der Waals surface area contributed by atoms with Gasteiger partial charge in [0.15, 0.2) is 5.16 Å². The lowest BCUT2D eigenvalue weighted by atomic mass is 10.1. The molecule has 0 saturated carbocycles. The van der Waals surface area contributed by atoms with Gasteiger partial charge in [0.25, 0.3) is 0 Å². The lowest BCUT2D eigenvalue weighted by molar-refractivity contribution is 0.0240. The van der Waals surface area contributed by atoms with Crippen molar-refractivity contribution in [2.24, 2.45) is 0 Å². The molecule has 1 aromatic rings. The van der Waals surface area contributed by atoms with Gasteiger partial charge in [-0.3, -0.25) is 0 Å². The number of anilines is 1. The fourth-order valence-corrected chi connectivity index (χ4v) is 3.48. The maximum absolute atomic E-state index is 12.2. The van der Waals surface area contributed by atoms with Crippen LogP contribution in [0.15, 0.2) is 5.16 Å². The number of carbonyl (C=O) groups is 1. The Morgan fingerprint density at radius 1 is 1.20 bits per heavy atom. The van der Waals surface area contributed by atoms with Crippen LogP contribution in [0.1, 0.15) is 32.0 Å². The zero-order chi connectivity index (χ0) is 18.0. The maximum atomic E-state index is 12.2. The van der Waals surface area contributed by atoms with E-state index in [2.05, 4.69) is 15.2 Å². The summed E-state index contributed by atoms with van der Waals surface area (Å²) in [5, 5.41) is 4.19. The van der Waals surface area contributed by atoms with Crippen LogP contribution >= 0.6 is 11.8 Å². The summed E-state index contributed by atoms with van der Waals surface area (Å²) in [4.78, 5) is 25.7. The number of amides is 1. The minimum atomic E-state index is -0.458. The molecule has 0 bridgehead atoms. The smallest absolute Gasteiger partial charge is 0.410 e. The van der Waals surface area contributed by atoms with Crippen molar-refractivity contribution in [3.05, 3.63) is 11.3 Å². The van der Waals surface area contributed by atoms with Crippen LogP contribution in [0.2, 0.25) is 0 Å². The molecule has 1 N–H and O–H groups in total. The molecule has 0 spiro atoms. The molecule has 0 aliphatic carbocycles. The Labute approximate surface area is 153 Å². The second-order valence-corrected chi connectivity index (χ2v) is 8.11. The second-order valence-electron chi connectivity index (χ2n) is 7.34. The first-order valence-electron chi connectivity index (χ1n) is 8.75. The van der Waals surface area contributed by atoms with Gasteiger partial charge in [-0.05, 0) is 40.0 Å². The monoisotopic (exact) mass is 365 g/mol. The number of aromatic nitrogens is 2. The van der Waals surface area contributed by atoms with E-state index in [9.17, 15) is 4.79 Å². The van der Waals surface area contributed by atoms with Gasteiger partial charge in [0.05, 0.1) is 5.69 Å². The molecule has 3 rings (SSSR count). The molecular formula is C17H27N5O2S. The van der Waals surface area contributed by atoms with E-state index in [1.807, 2.05) is 27.0 Å². The molecule has 1 amide bonds. The van der Waals surface area contributed by atoms with E-state index >= 15 is 0 Å². The molecular weight excluding hydrogens is 338 g/mol. The topological polar surface area (TPSA) is 70.6 Å². The molecule has 138 valence electrons. The number of nitrogens with zero attached hydrogens (tertiary/aromatic N) is 4. The quantitative estimate of drug-likeness (QED) is 0.634. The third kappa shape index (κ3) is 4.36. The van der Waals surface area contributed by atoms with Crippen LogP contribution in [-0.4, -0.2) is 65.5 Å². The SMILES string of the molecule is CSc1nc2c(c(N3CCN(C(=O)OC(C)(C)C)CC3)n1)CCNC2. The Balaban J connectivity index is 1.72. The summed E-state index contributed by atoms with van der Waals surface area (Å²) in [6.45, 7) is 10.3. The van der Waals surface area contributed by atoms with Crippen molar-refractivity contribution in [1.82, 2.24) is 20.2 Å². The van der Waals surface area contributed by atoms with E-state index < -0.39 is 5.60 Å². The molecule has 1 aromatic heterocycles. The third-order valence-electron chi connectivity index (χ3n) is 4.31. The summed E-state index contributed by atoms with van der Waals surface area (Å²) >= 11 is 1.57. The molecule has 0 aromatic carbocycles. The summed E-state index contributed by atoms with van der Waals surface area (Å²) in [5.74, 6) is 1.04. The van der Waals surface area contributed by atoms with E-state index in [-0.39, 0.29) is 6.09 Å². The summed E-state index contributed by atoms with van der Waals surface area (Å²) in [6, 6.07) is 0. The molecule has 0 unspecified atom stereocenters. The van der Waals surface area contributed by atoms with E-state index in [1.165, 1.54) is 5.56 Å². The van der Waals surface area contributed by atoms with Crippen molar-refractivity contribution in [1.29, 1.82) is 0 Å². The Kier molecular flexibility index (Phi) is 5.38. The van der Waals surface area contributed by atoms with Gasteiger partial charge in [0, 0.05) is 38.3 Å². The number of hydrogen-bond acceptors (Lipinski definition) is 7. The number of piperazine rings is 1. The highest BCUT2D eigenvalue weighted by Gasteiger charge is 2.28. The molecule has 25 heavy (non-hydrogen) atoms. The fraction of sp³-hybridized carbons (Fsp3) is 0.706. The first-order valence-corrected chi connectivity index (χ1v) is 9.97. The highest BCUT2D eigenvalue weighted by Crippen LogP contribution is 2.27. The van der Waals surface area contributed by atoms with Crippen molar-refractivity contribution in [2.45, 2.75) is 44.5 Å². The maximum Gasteiger partial charge on any atom is 0.410 e. The van der Waals surface area contributed by atoms with Crippen LogP contribution in [-0.2, 0) is 17.7 Å². The van der Waals surface area contributed by atoms with E-state index in [0.717, 1.165) is 49.3 Å². The number of ether oxygens (including phenoxy) is 1. The second kappa shape index (κ2) is 7.37. The summed E-state index contributed by atoms with van der Waals surface area (Å²) < 4.78 is 5.48. The minimum Gasteiger partial charge on any atom is -0.444 e. The van der Waals surface area contributed by atoms with Crippen molar-refractivity contribution in [3.8, 4) is 0 Å². The normalized spacial score (nSPS) is 18.1. The largest absolute Gasteiger partial charge is 0.444 e. The Morgan fingerprint density at radius 3 is 2.56 bits per heavy atom. The van der Waals surface area contributed by atoms with Crippen molar-refractivity contribution < 1.29 is 9.53 Å². The number of nitrogens with one attached hydrogen (secondary N) is 1. The molecule has 7 nitrogen and oxygen atoms in total. The number of thioether (sulfide) groups is 1. The lowest BCUT2D eigenvalue weighted by Crippen LogP contribution is -2.50. The molecule has 2 aliphatic rings. The molecule has 0 atom stereocenters. The average Bonchev–Trinajstić information content (AvgIpc) is 2.59. The van der Waals surface area contributed by atoms with Crippen molar-refractivity contribution >= 4 is 23.7 Å². The number of fused-ring (bicyclic) bond motifs is 1. The van der Waals surface area contributed by atoms with Gasteiger partial charge in [-0.15, -0.1) is 0 Å². The van der Waals surface area contributed by atoms with Crippen LogP contribution in [0.5, 0.6) is 0 Å². The molecule has 0 radical (unpaired) electrons. The van der Waals surface area contributed by atoms with E-state index in [0.29, 0.717) is 13.1 Å². The molecule has 8 heteroatoms. The standard InChI is InChI=1S/C17H27N5O2S/c1-17(2,3)24-16(23)22-9-7-21(8-10-22)14-12-5-6-18-11-13(12)19-15(20-14)25-4/h18H,5-11H2,1-4H3. The Morgan fingerprint density at radius 2 is 1.92 bits per heavy atom. The first kappa shape index (κ1) is 18.3. The summed E-state index contributed by atoms with van der Waals surface area (Å²) in [5.41, 5.74) is 1.90. The number of hydrogen-bond donors (Lipinski definition) is 1.